The number of hydrogen-bond acceptors (Lipinski definition) is 4. The van der Waals surface area contributed by atoms with Crippen LogP contribution in [0.3, 0.4) is 0 Å². The Morgan fingerprint density at radius 2 is 2.30 bits per heavy atom. The molecule has 110 valence electrons. The number of carbonyl (C=O) groups is 1. The van der Waals surface area contributed by atoms with Crippen molar-refractivity contribution in [3.05, 3.63) is 28.8 Å². The van der Waals surface area contributed by atoms with Gasteiger partial charge in [-0.2, -0.15) is 0 Å². The number of benzene rings is 1. The maximum atomic E-state index is 11.8. The summed E-state index contributed by atoms with van der Waals surface area (Å²) in [4.78, 5) is 11.8. The lowest BCUT2D eigenvalue weighted by molar-refractivity contribution is -0.116. The number of nitrogens with two attached hydrogens (primary N) is 1. The minimum atomic E-state index is -0.174. The molecule has 1 aromatic carbocycles. The molecule has 1 aromatic rings. The summed E-state index contributed by atoms with van der Waals surface area (Å²) in [5.41, 5.74) is 6.38. The lowest BCUT2D eigenvalue weighted by Gasteiger charge is -2.11. The van der Waals surface area contributed by atoms with Gasteiger partial charge in [-0.25, -0.2) is 0 Å². The highest BCUT2D eigenvalue weighted by Gasteiger charge is 2.10. The van der Waals surface area contributed by atoms with Crippen LogP contribution >= 0.6 is 11.6 Å². The van der Waals surface area contributed by atoms with Gasteiger partial charge in [-0.1, -0.05) is 16.8 Å². The first kappa shape index (κ1) is 16.3. The molecule has 0 radical (unpaired) electrons. The number of nitrogens with zero attached hydrogens (tertiary/aromatic N) is 1. The largest absolute Gasteiger partial charge is 0.409 e. The van der Waals surface area contributed by atoms with Crippen LogP contribution in [-0.2, 0) is 9.53 Å². The zero-order chi connectivity index (χ0) is 15.1. The van der Waals surface area contributed by atoms with Crippen LogP contribution in [0.1, 0.15) is 25.3 Å². The van der Waals surface area contributed by atoms with E-state index in [0.717, 1.165) is 0 Å². The van der Waals surface area contributed by atoms with Gasteiger partial charge in [0.1, 0.15) is 0 Å². The molecule has 0 saturated carbocycles. The van der Waals surface area contributed by atoms with Gasteiger partial charge in [0.2, 0.25) is 5.91 Å². The van der Waals surface area contributed by atoms with Crippen molar-refractivity contribution in [3.8, 4) is 0 Å². The molecule has 4 N–H and O–H groups in total. The summed E-state index contributed by atoms with van der Waals surface area (Å²) in [5.74, 6) is -0.224. The summed E-state index contributed by atoms with van der Waals surface area (Å²) in [6, 6.07) is 4.72. The molecule has 1 atom stereocenters. The summed E-state index contributed by atoms with van der Waals surface area (Å²) in [7, 11) is 1.60. The molecular weight excluding hydrogens is 282 g/mol. The fraction of sp³-hybridized carbons (Fsp3) is 0.385. The molecule has 0 aliphatic rings. The van der Waals surface area contributed by atoms with Crippen LogP contribution in [-0.4, -0.2) is 30.2 Å². The molecule has 0 bridgehead atoms. The average molecular weight is 300 g/mol. The first-order valence-corrected chi connectivity index (χ1v) is 6.45. The standard InChI is InChI=1S/C13H18ClN3O3/c1-8(20-2)3-6-12(18)16-11-7-9(13(15)17-19)4-5-10(11)14/h4-5,7-8,19H,3,6H2,1-2H3,(H2,15,17)(H,16,18). The monoisotopic (exact) mass is 299 g/mol. The average Bonchev–Trinajstić information content (AvgIpc) is 2.46. The van der Waals surface area contributed by atoms with Crippen molar-refractivity contribution in [2.75, 3.05) is 12.4 Å². The number of halogens is 1. The van der Waals surface area contributed by atoms with E-state index in [1.807, 2.05) is 6.92 Å². The molecule has 20 heavy (non-hydrogen) atoms. The van der Waals surface area contributed by atoms with Crippen molar-refractivity contribution in [1.29, 1.82) is 0 Å². The first-order chi connectivity index (χ1) is 9.47. The number of rotatable bonds is 6. The fourth-order valence-corrected chi connectivity index (χ4v) is 1.67. The molecular formula is C13H18ClN3O3. The lowest BCUT2D eigenvalue weighted by atomic mass is 10.1. The second-order valence-electron chi connectivity index (χ2n) is 4.31. The highest BCUT2D eigenvalue weighted by atomic mass is 35.5. The maximum Gasteiger partial charge on any atom is 0.224 e. The Hall–Kier alpha value is -1.79. The number of amidine groups is 1. The molecule has 0 heterocycles. The third-order valence-corrected chi connectivity index (χ3v) is 3.15. The predicted octanol–water partition coefficient (Wildman–Crippen LogP) is 2.19. The van der Waals surface area contributed by atoms with Gasteiger partial charge in [0.05, 0.1) is 16.8 Å². The smallest absolute Gasteiger partial charge is 0.224 e. The topological polar surface area (TPSA) is 96.9 Å². The van der Waals surface area contributed by atoms with Crippen LogP contribution in [0.2, 0.25) is 5.02 Å². The first-order valence-electron chi connectivity index (χ1n) is 6.08. The Labute approximate surface area is 122 Å². The van der Waals surface area contributed by atoms with E-state index in [4.69, 9.17) is 27.3 Å². The number of carbonyl (C=O) groups excluding carboxylic acids is 1. The van der Waals surface area contributed by atoms with Gasteiger partial charge in [0.25, 0.3) is 0 Å². The third kappa shape index (κ3) is 4.71. The van der Waals surface area contributed by atoms with Gasteiger partial charge >= 0.3 is 0 Å². The molecule has 0 aromatic heterocycles. The second-order valence-corrected chi connectivity index (χ2v) is 4.72. The molecule has 0 aliphatic heterocycles. The highest BCUT2D eigenvalue weighted by molar-refractivity contribution is 6.33. The summed E-state index contributed by atoms with van der Waals surface area (Å²) in [5, 5.41) is 14.6. The Bertz CT molecular complexity index is 506. The van der Waals surface area contributed by atoms with Crippen molar-refractivity contribution in [1.82, 2.24) is 0 Å². The van der Waals surface area contributed by atoms with E-state index in [9.17, 15) is 4.79 Å². The van der Waals surface area contributed by atoms with Crippen LogP contribution in [0.5, 0.6) is 0 Å². The molecule has 6 nitrogen and oxygen atoms in total. The molecule has 0 spiro atoms. The van der Waals surface area contributed by atoms with E-state index >= 15 is 0 Å². The normalized spacial score (nSPS) is 13.1. The summed E-state index contributed by atoms with van der Waals surface area (Å²) < 4.78 is 5.07. The molecule has 0 saturated heterocycles. The second kappa shape index (κ2) is 7.72. The van der Waals surface area contributed by atoms with Crippen molar-refractivity contribution in [2.24, 2.45) is 10.9 Å². The van der Waals surface area contributed by atoms with E-state index in [0.29, 0.717) is 29.1 Å². The van der Waals surface area contributed by atoms with Gasteiger partial charge in [0.15, 0.2) is 5.84 Å². The van der Waals surface area contributed by atoms with E-state index in [1.54, 1.807) is 25.3 Å². The van der Waals surface area contributed by atoms with E-state index in [2.05, 4.69) is 10.5 Å². The molecule has 7 heteroatoms. The zero-order valence-electron chi connectivity index (χ0n) is 11.4. The van der Waals surface area contributed by atoms with Gasteiger partial charge in [-0.15, -0.1) is 0 Å². The molecule has 0 fully saturated rings. The van der Waals surface area contributed by atoms with Crippen LogP contribution in [0.4, 0.5) is 5.69 Å². The van der Waals surface area contributed by atoms with Crippen LogP contribution in [0.15, 0.2) is 23.4 Å². The molecule has 0 aliphatic carbocycles. The number of methoxy groups -OCH3 is 1. The Morgan fingerprint density at radius 3 is 2.90 bits per heavy atom. The van der Waals surface area contributed by atoms with E-state index in [1.165, 1.54) is 0 Å². The maximum absolute atomic E-state index is 11.8. The number of nitrogens with one attached hydrogen (secondary N) is 1. The summed E-state index contributed by atoms with van der Waals surface area (Å²) in [6.07, 6.45) is 0.943. The number of ether oxygens (including phenoxy) is 1. The Morgan fingerprint density at radius 1 is 1.60 bits per heavy atom. The Kier molecular flexibility index (Phi) is 6.27. The van der Waals surface area contributed by atoms with Gasteiger partial charge < -0.3 is 21.0 Å². The van der Waals surface area contributed by atoms with E-state index < -0.39 is 0 Å². The van der Waals surface area contributed by atoms with Crippen LogP contribution < -0.4 is 11.1 Å². The molecule has 1 amide bonds. The van der Waals surface area contributed by atoms with Crippen molar-refractivity contribution in [2.45, 2.75) is 25.9 Å². The minimum absolute atomic E-state index is 0.0136. The molecule has 1 rings (SSSR count). The highest BCUT2D eigenvalue weighted by Crippen LogP contribution is 2.23. The summed E-state index contributed by atoms with van der Waals surface area (Å²) >= 11 is 6.00. The quantitative estimate of drug-likeness (QED) is 0.324. The minimum Gasteiger partial charge on any atom is -0.409 e. The number of hydrogen-bond donors (Lipinski definition) is 3. The fourth-order valence-electron chi connectivity index (χ4n) is 1.50. The van der Waals surface area contributed by atoms with Gasteiger partial charge in [-0.05, 0) is 31.5 Å². The number of amides is 1. The Balaban J connectivity index is 2.74. The van der Waals surface area contributed by atoms with Crippen molar-refractivity contribution >= 4 is 29.0 Å². The SMILES string of the molecule is COC(C)CCC(=O)Nc1cc(/C(N)=N/O)ccc1Cl. The number of oxime groups is 1. The van der Waals surface area contributed by atoms with Crippen molar-refractivity contribution in [3.63, 3.8) is 0 Å². The van der Waals surface area contributed by atoms with Crippen LogP contribution in [0.25, 0.3) is 0 Å². The predicted molar refractivity (Wildman–Crippen MR) is 78.3 cm³/mol. The van der Waals surface area contributed by atoms with E-state index in [-0.39, 0.29) is 17.8 Å². The van der Waals surface area contributed by atoms with Gasteiger partial charge in [0, 0.05) is 19.1 Å². The third-order valence-electron chi connectivity index (χ3n) is 2.82. The van der Waals surface area contributed by atoms with Gasteiger partial charge in [-0.3, -0.25) is 4.79 Å². The van der Waals surface area contributed by atoms with Crippen LogP contribution in [0, 0.1) is 0 Å². The zero-order valence-corrected chi connectivity index (χ0v) is 12.1. The summed E-state index contributed by atoms with van der Waals surface area (Å²) in [6.45, 7) is 1.89. The number of anilines is 1. The van der Waals surface area contributed by atoms with Crippen molar-refractivity contribution < 1.29 is 14.7 Å². The lowest BCUT2D eigenvalue weighted by Crippen LogP contribution is -2.17. The molecule has 1 unspecified atom stereocenters.